The number of hydrogen-bond acceptors (Lipinski definition) is 5. The Morgan fingerprint density at radius 2 is 1.78 bits per heavy atom. The maximum atomic E-state index is 6.07. The summed E-state index contributed by atoms with van der Waals surface area (Å²) in [6.07, 6.45) is 2.10. The fourth-order valence-electron chi connectivity index (χ4n) is 3.62. The van der Waals surface area contributed by atoms with Gasteiger partial charge in [0.15, 0.2) is 0 Å². The Labute approximate surface area is 159 Å². The molecule has 0 aliphatic carbocycles. The summed E-state index contributed by atoms with van der Waals surface area (Å²) < 4.78 is 11.6. The van der Waals surface area contributed by atoms with E-state index in [1.807, 2.05) is 18.2 Å². The standard InChI is InChI=1S/C22H25N3O2/c1-15-12-19(21-24-22(27-25-21)18-8-10-23-11-9-18)13-16(2)20(15)26-14-17-6-4-3-5-7-17/h3-7,12-13,18,23H,8-11,14H2,1-2H3. The Hall–Kier alpha value is -2.66. The van der Waals surface area contributed by atoms with E-state index in [0.717, 1.165) is 59.8 Å². The molecule has 1 aliphatic heterocycles. The van der Waals surface area contributed by atoms with Crippen LogP contribution in [0.1, 0.15) is 41.3 Å². The van der Waals surface area contributed by atoms with Crippen LogP contribution in [0.25, 0.3) is 11.4 Å². The lowest BCUT2D eigenvalue weighted by Gasteiger charge is -2.18. The van der Waals surface area contributed by atoms with Crippen LogP contribution in [0.2, 0.25) is 0 Å². The van der Waals surface area contributed by atoms with E-state index in [2.05, 4.69) is 53.6 Å². The van der Waals surface area contributed by atoms with E-state index < -0.39 is 0 Å². The summed E-state index contributed by atoms with van der Waals surface area (Å²) in [4.78, 5) is 4.66. The highest BCUT2D eigenvalue weighted by Crippen LogP contribution is 2.31. The van der Waals surface area contributed by atoms with Gasteiger partial charge < -0.3 is 14.6 Å². The number of aromatic nitrogens is 2. The van der Waals surface area contributed by atoms with Crippen molar-refractivity contribution in [2.75, 3.05) is 13.1 Å². The average molecular weight is 363 g/mol. The molecule has 2 heterocycles. The van der Waals surface area contributed by atoms with Crippen molar-refractivity contribution in [3.63, 3.8) is 0 Å². The topological polar surface area (TPSA) is 60.2 Å². The van der Waals surface area contributed by atoms with Crippen LogP contribution in [0.15, 0.2) is 47.0 Å². The maximum Gasteiger partial charge on any atom is 0.230 e. The van der Waals surface area contributed by atoms with Crippen LogP contribution >= 0.6 is 0 Å². The molecule has 5 heteroatoms. The summed E-state index contributed by atoms with van der Waals surface area (Å²) in [6, 6.07) is 14.4. The largest absolute Gasteiger partial charge is 0.488 e. The number of ether oxygens (including phenoxy) is 1. The molecule has 0 amide bonds. The van der Waals surface area contributed by atoms with Gasteiger partial charge in [0.2, 0.25) is 11.7 Å². The van der Waals surface area contributed by atoms with Crippen LogP contribution in [-0.4, -0.2) is 23.2 Å². The van der Waals surface area contributed by atoms with Crippen LogP contribution in [0, 0.1) is 13.8 Å². The fraction of sp³-hybridized carbons (Fsp3) is 0.364. The van der Waals surface area contributed by atoms with Gasteiger partial charge in [0.25, 0.3) is 0 Å². The van der Waals surface area contributed by atoms with E-state index in [-0.39, 0.29) is 0 Å². The van der Waals surface area contributed by atoms with Gasteiger partial charge in [-0.05, 0) is 68.6 Å². The Balaban J connectivity index is 1.52. The summed E-state index contributed by atoms with van der Waals surface area (Å²) in [6.45, 7) is 6.70. The second kappa shape index (κ2) is 7.92. The third-order valence-corrected chi connectivity index (χ3v) is 5.07. The van der Waals surface area contributed by atoms with E-state index in [9.17, 15) is 0 Å². The van der Waals surface area contributed by atoms with Crippen molar-refractivity contribution < 1.29 is 9.26 Å². The molecule has 1 N–H and O–H groups in total. The Morgan fingerprint density at radius 1 is 1.07 bits per heavy atom. The van der Waals surface area contributed by atoms with Gasteiger partial charge in [-0.1, -0.05) is 35.5 Å². The lowest BCUT2D eigenvalue weighted by atomic mass is 9.98. The Kier molecular flexibility index (Phi) is 5.21. The van der Waals surface area contributed by atoms with E-state index in [1.165, 1.54) is 0 Å². The molecule has 4 rings (SSSR count). The van der Waals surface area contributed by atoms with Crippen molar-refractivity contribution in [2.24, 2.45) is 0 Å². The first kappa shape index (κ1) is 17.7. The first-order valence-electron chi connectivity index (χ1n) is 9.53. The van der Waals surface area contributed by atoms with Gasteiger partial charge in [-0.25, -0.2) is 0 Å². The van der Waals surface area contributed by atoms with Gasteiger partial charge in [0.05, 0.1) is 0 Å². The molecule has 27 heavy (non-hydrogen) atoms. The molecule has 1 aliphatic rings. The lowest BCUT2D eigenvalue weighted by molar-refractivity contribution is 0.302. The smallest absolute Gasteiger partial charge is 0.230 e. The zero-order chi connectivity index (χ0) is 18.6. The molecule has 0 atom stereocenters. The SMILES string of the molecule is Cc1cc(-c2noc(C3CCNCC3)n2)cc(C)c1OCc1ccccc1. The normalized spacial score (nSPS) is 15.0. The summed E-state index contributed by atoms with van der Waals surface area (Å²) in [5, 5.41) is 7.58. The van der Waals surface area contributed by atoms with Crippen molar-refractivity contribution >= 4 is 0 Å². The number of aryl methyl sites for hydroxylation is 2. The predicted octanol–water partition coefficient (Wildman–Crippen LogP) is 4.40. The highest BCUT2D eigenvalue weighted by Gasteiger charge is 2.22. The third kappa shape index (κ3) is 4.03. The summed E-state index contributed by atoms with van der Waals surface area (Å²) in [5.74, 6) is 2.70. The minimum Gasteiger partial charge on any atom is -0.488 e. The third-order valence-electron chi connectivity index (χ3n) is 5.07. The molecular formula is C22H25N3O2. The van der Waals surface area contributed by atoms with E-state index in [4.69, 9.17) is 9.26 Å². The molecule has 2 aromatic carbocycles. The minimum atomic E-state index is 0.364. The first-order chi connectivity index (χ1) is 13.2. The highest BCUT2D eigenvalue weighted by atomic mass is 16.5. The Morgan fingerprint density at radius 3 is 2.48 bits per heavy atom. The maximum absolute atomic E-state index is 6.07. The molecule has 1 aromatic heterocycles. The molecule has 0 spiro atoms. The van der Waals surface area contributed by atoms with E-state index in [0.29, 0.717) is 18.3 Å². The first-order valence-corrected chi connectivity index (χ1v) is 9.53. The summed E-state index contributed by atoms with van der Waals surface area (Å²) in [7, 11) is 0. The number of piperidine rings is 1. The highest BCUT2D eigenvalue weighted by molar-refractivity contribution is 5.61. The zero-order valence-electron chi connectivity index (χ0n) is 15.9. The van der Waals surface area contributed by atoms with Crippen molar-refractivity contribution in [3.8, 4) is 17.1 Å². The molecule has 0 saturated carbocycles. The summed E-state index contributed by atoms with van der Waals surface area (Å²) >= 11 is 0. The number of nitrogens with one attached hydrogen (secondary N) is 1. The van der Waals surface area contributed by atoms with Crippen LogP contribution in [0.4, 0.5) is 0 Å². The van der Waals surface area contributed by atoms with Gasteiger partial charge in [0.1, 0.15) is 12.4 Å². The second-order valence-corrected chi connectivity index (χ2v) is 7.19. The summed E-state index contributed by atoms with van der Waals surface area (Å²) in [5.41, 5.74) is 4.29. The molecule has 140 valence electrons. The second-order valence-electron chi connectivity index (χ2n) is 7.19. The average Bonchev–Trinajstić information content (AvgIpc) is 3.19. The van der Waals surface area contributed by atoms with Crippen LogP contribution < -0.4 is 10.1 Å². The molecule has 0 unspecified atom stereocenters. The van der Waals surface area contributed by atoms with Gasteiger partial charge in [-0.3, -0.25) is 0 Å². The number of hydrogen-bond donors (Lipinski definition) is 1. The molecular weight excluding hydrogens is 338 g/mol. The van der Waals surface area contributed by atoms with Crippen LogP contribution in [0.5, 0.6) is 5.75 Å². The number of benzene rings is 2. The van der Waals surface area contributed by atoms with Crippen molar-refractivity contribution in [1.29, 1.82) is 0 Å². The van der Waals surface area contributed by atoms with E-state index >= 15 is 0 Å². The van der Waals surface area contributed by atoms with Gasteiger partial charge in [-0.15, -0.1) is 0 Å². The van der Waals surface area contributed by atoms with Gasteiger partial charge >= 0.3 is 0 Å². The molecule has 1 saturated heterocycles. The van der Waals surface area contributed by atoms with Crippen molar-refractivity contribution in [1.82, 2.24) is 15.5 Å². The predicted molar refractivity (Wildman–Crippen MR) is 105 cm³/mol. The van der Waals surface area contributed by atoms with Crippen molar-refractivity contribution in [2.45, 2.75) is 39.2 Å². The van der Waals surface area contributed by atoms with Crippen LogP contribution in [-0.2, 0) is 6.61 Å². The lowest BCUT2D eigenvalue weighted by Crippen LogP contribution is -2.26. The molecule has 3 aromatic rings. The van der Waals surface area contributed by atoms with E-state index in [1.54, 1.807) is 0 Å². The molecule has 0 bridgehead atoms. The quantitative estimate of drug-likeness (QED) is 0.728. The molecule has 0 radical (unpaired) electrons. The number of nitrogens with zero attached hydrogens (tertiary/aromatic N) is 2. The monoisotopic (exact) mass is 363 g/mol. The zero-order valence-corrected chi connectivity index (χ0v) is 15.9. The van der Waals surface area contributed by atoms with Gasteiger partial charge in [-0.2, -0.15) is 4.98 Å². The van der Waals surface area contributed by atoms with Crippen molar-refractivity contribution in [3.05, 3.63) is 65.0 Å². The fourth-order valence-corrected chi connectivity index (χ4v) is 3.62. The van der Waals surface area contributed by atoms with Crippen LogP contribution in [0.3, 0.4) is 0 Å². The molecule has 5 nitrogen and oxygen atoms in total. The van der Waals surface area contributed by atoms with Gasteiger partial charge in [0, 0.05) is 11.5 Å². The minimum absolute atomic E-state index is 0.364. The molecule has 1 fully saturated rings. The number of rotatable bonds is 5. The Bertz CT molecular complexity index is 876.